The number of rotatable bonds is 4. The van der Waals surface area contributed by atoms with Crippen LogP contribution in [0.15, 0.2) is 11.7 Å². The molecule has 1 aliphatic carbocycles. The molecule has 1 N–H and O–H groups in total. The van der Waals surface area contributed by atoms with Gasteiger partial charge in [0.15, 0.2) is 0 Å². The van der Waals surface area contributed by atoms with Gasteiger partial charge < -0.3 is 5.32 Å². The minimum atomic E-state index is 0.406. The van der Waals surface area contributed by atoms with Gasteiger partial charge in [-0.15, -0.1) is 11.3 Å². The quantitative estimate of drug-likeness (QED) is 0.921. The van der Waals surface area contributed by atoms with Crippen LogP contribution in [0, 0.1) is 6.92 Å². The average Bonchev–Trinajstić information content (AvgIpc) is 3.05. The highest BCUT2D eigenvalue weighted by Gasteiger charge is 2.32. The van der Waals surface area contributed by atoms with Crippen LogP contribution in [0.2, 0.25) is 0 Å². The Bertz CT molecular complexity index is 573. The molecule has 0 spiro atoms. The molecular formula is C14H19N3S2. The van der Waals surface area contributed by atoms with E-state index in [9.17, 15) is 0 Å². The molecule has 2 aromatic rings. The minimum absolute atomic E-state index is 0.406. The van der Waals surface area contributed by atoms with Crippen molar-refractivity contribution in [1.29, 1.82) is 0 Å². The van der Waals surface area contributed by atoms with Crippen LogP contribution in [0.3, 0.4) is 0 Å². The highest BCUT2D eigenvalue weighted by atomic mass is 32.2. The molecule has 2 heterocycles. The second kappa shape index (κ2) is 5.29. The van der Waals surface area contributed by atoms with Crippen molar-refractivity contribution in [2.45, 2.75) is 37.4 Å². The molecule has 102 valence electrons. The SMILES string of the molecule is CSC1(CNc2ncnc3c(C)csc23)CCCC1. The van der Waals surface area contributed by atoms with Crippen LogP contribution in [-0.4, -0.2) is 27.5 Å². The molecule has 2 aromatic heterocycles. The predicted octanol–water partition coefficient (Wildman–Crippen LogP) is 4.09. The fraction of sp³-hybridized carbons (Fsp3) is 0.571. The van der Waals surface area contributed by atoms with E-state index >= 15 is 0 Å². The van der Waals surface area contributed by atoms with Crippen molar-refractivity contribution in [3.63, 3.8) is 0 Å². The molecule has 0 aliphatic heterocycles. The number of nitrogens with zero attached hydrogens (tertiary/aromatic N) is 2. The highest BCUT2D eigenvalue weighted by molar-refractivity contribution is 8.00. The molecule has 1 saturated carbocycles. The zero-order chi connectivity index (χ0) is 13.3. The minimum Gasteiger partial charge on any atom is -0.367 e. The fourth-order valence-corrected chi connectivity index (χ4v) is 4.69. The molecule has 0 aromatic carbocycles. The van der Waals surface area contributed by atoms with Crippen LogP contribution in [0.1, 0.15) is 31.2 Å². The first-order chi connectivity index (χ1) is 9.24. The Morgan fingerprint density at radius 3 is 2.89 bits per heavy atom. The maximum absolute atomic E-state index is 4.43. The number of hydrogen-bond acceptors (Lipinski definition) is 5. The molecule has 1 fully saturated rings. The summed E-state index contributed by atoms with van der Waals surface area (Å²) in [5.74, 6) is 1.00. The number of thioether (sulfide) groups is 1. The zero-order valence-corrected chi connectivity index (χ0v) is 13.0. The van der Waals surface area contributed by atoms with Crippen molar-refractivity contribution in [2.24, 2.45) is 0 Å². The lowest BCUT2D eigenvalue weighted by Gasteiger charge is -2.27. The summed E-state index contributed by atoms with van der Waals surface area (Å²) in [5, 5.41) is 5.73. The lowest BCUT2D eigenvalue weighted by molar-refractivity contribution is 0.639. The van der Waals surface area contributed by atoms with E-state index in [1.807, 2.05) is 11.8 Å². The standard InChI is InChI=1S/C14H19N3S2/c1-10-7-19-12-11(10)16-9-17-13(12)15-8-14(18-2)5-3-4-6-14/h7,9H,3-6,8H2,1-2H3,(H,15,16,17). The molecule has 0 radical (unpaired) electrons. The smallest absolute Gasteiger partial charge is 0.147 e. The zero-order valence-electron chi connectivity index (χ0n) is 11.4. The van der Waals surface area contributed by atoms with Crippen LogP contribution < -0.4 is 5.32 Å². The second-order valence-electron chi connectivity index (χ2n) is 5.27. The molecule has 0 atom stereocenters. The van der Waals surface area contributed by atoms with Crippen molar-refractivity contribution < 1.29 is 0 Å². The van der Waals surface area contributed by atoms with Crippen molar-refractivity contribution in [3.8, 4) is 0 Å². The molecular weight excluding hydrogens is 274 g/mol. The first-order valence-electron chi connectivity index (χ1n) is 6.72. The third-order valence-electron chi connectivity index (χ3n) is 4.06. The van der Waals surface area contributed by atoms with E-state index in [4.69, 9.17) is 0 Å². The summed E-state index contributed by atoms with van der Waals surface area (Å²) in [7, 11) is 0. The van der Waals surface area contributed by atoms with Gasteiger partial charge in [0.1, 0.15) is 12.1 Å². The summed E-state index contributed by atoms with van der Waals surface area (Å²) >= 11 is 3.74. The van der Waals surface area contributed by atoms with Crippen LogP contribution in [0.4, 0.5) is 5.82 Å². The van der Waals surface area contributed by atoms with Crippen molar-refractivity contribution in [2.75, 3.05) is 18.1 Å². The molecule has 1 aliphatic rings. The summed E-state index contributed by atoms with van der Waals surface area (Å²) in [5.41, 5.74) is 2.33. The number of aryl methyl sites for hydroxylation is 1. The monoisotopic (exact) mass is 293 g/mol. The molecule has 3 rings (SSSR count). The predicted molar refractivity (Wildman–Crippen MR) is 85.4 cm³/mol. The Morgan fingerprint density at radius 2 is 2.16 bits per heavy atom. The van der Waals surface area contributed by atoms with Crippen LogP contribution >= 0.6 is 23.1 Å². The summed E-state index contributed by atoms with van der Waals surface area (Å²) in [6.45, 7) is 3.12. The van der Waals surface area contributed by atoms with E-state index in [-0.39, 0.29) is 0 Å². The molecule has 0 unspecified atom stereocenters. The van der Waals surface area contributed by atoms with Crippen molar-refractivity contribution >= 4 is 39.1 Å². The summed E-state index contributed by atoms with van der Waals surface area (Å²) in [6, 6.07) is 0. The van der Waals surface area contributed by atoms with Gasteiger partial charge in [0.25, 0.3) is 0 Å². The van der Waals surface area contributed by atoms with E-state index in [1.165, 1.54) is 35.9 Å². The van der Waals surface area contributed by atoms with Gasteiger partial charge in [-0.2, -0.15) is 11.8 Å². The van der Waals surface area contributed by atoms with Gasteiger partial charge >= 0.3 is 0 Å². The van der Waals surface area contributed by atoms with E-state index in [1.54, 1.807) is 17.7 Å². The molecule has 0 amide bonds. The molecule has 5 heteroatoms. The summed E-state index contributed by atoms with van der Waals surface area (Å²) in [6.07, 6.45) is 9.26. The van der Waals surface area contributed by atoms with Crippen molar-refractivity contribution in [1.82, 2.24) is 9.97 Å². The first kappa shape index (κ1) is 13.2. The first-order valence-corrected chi connectivity index (χ1v) is 8.82. The maximum atomic E-state index is 4.43. The van der Waals surface area contributed by atoms with Crippen molar-refractivity contribution in [3.05, 3.63) is 17.3 Å². The van der Waals surface area contributed by atoms with Gasteiger partial charge in [0.2, 0.25) is 0 Å². The third kappa shape index (κ3) is 2.46. The van der Waals surface area contributed by atoms with Crippen LogP contribution in [0.25, 0.3) is 10.2 Å². The topological polar surface area (TPSA) is 37.8 Å². The number of hydrogen-bond donors (Lipinski definition) is 1. The van der Waals surface area contributed by atoms with E-state index < -0.39 is 0 Å². The average molecular weight is 293 g/mol. The number of anilines is 1. The van der Waals surface area contributed by atoms with Gasteiger partial charge in [0.05, 0.1) is 10.2 Å². The Morgan fingerprint density at radius 1 is 1.37 bits per heavy atom. The Hall–Kier alpha value is -0.810. The number of aromatic nitrogens is 2. The van der Waals surface area contributed by atoms with E-state index in [2.05, 4.69) is 33.8 Å². The fourth-order valence-electron chi connectivity index (χ4n) is 2.81. The summed E-state index contributed by atoms with van der Waals surface area (Å²) < 4.78 is 1.60. The number of thiophene rings is 1. The molecule has 3 nitrogen and oxygen atoms in total. The second-order valence-corrected chi connectivity index (χ2v) is 7.42. The summed E-state index contributed by atoms with van der Waals surface area (Å²) in [4.78, 5) is 8.80. The molecule has 0 saturated heterocycles. The highest BCUT2D eigenvalue weighted by Crippen LogP contribution is 2.40. The van der Waals surface area contributed by atoms with Gasteiger partial charge in [0, 0.05) is 11.3 Å². The van der Waals surface area contributed by atoms with E-state index in [0.29, 0.717) is 4.75 Å². The lowest BCUT2D eigenvalue weighted by Crippen LogP contribution is -2.30. The van der Waals surface area contributed by atoms with Gasteiger partial charge in [-0.05, 0) is 37.0 Å². The Kier molecular flexibility index (Phi) is 3.67. The third-order valence-corrected chi connectivity index (χ3v) is 6.57. The number of nitrogens with one attached hydrogen (secondary N) is 1. The molecule has 0 bridgehead atoms. The lowest BCUT2D eigenvalue weighted by atomic mass is 10.1. The van der Waals surface area contributed by atoms with Crippen LogP contribution in [0.5, 0.6) is 0 Å². The van der Waals surface area contributed by atoms with Gasteiger partial charge in [-0.25, -0.2) is 9.97 Å². The maximum Gasteiger partial charge on any atom is 0.147 e. The Labute approximate surface area is 122 Å². The van der Waals surface area contributed by atoms with Gasteiger partial charge in [-0.3, -0.25) is 0 Å². The normalized spacial score (nSPS) is 18.0. The van der Waals surface area contributed by atoms with Gasteiger partial charge in [-0.1, -0.05) is 12.8 Å². The largest absolute Gasteiger partial charge is 0.367 e. The number of fused-ring (bicyclic) bond motifs is 1. The Balaban J connectivity index is 1.82. The molecule has 19 heavy (non-hydrogen) atoms. The van der Waals surface area contributed by atoms with E-state index in [0.717, 1.165) is 17.9 Å². The van der Waals surface area contributed by atoms with Crippen LogP contribution in [-0.2, 0) is 0 Å².